The van der Waals surface area contributed by atoms with E-state index in [4.69, 9.17) is 14.4 Å². The molecule has 110 valence electrons. The van der Waals surface area contributed by atoms with Crippen molar-refractivity contribution >= 4 is 22.6 Å². The van der Waals surface area contributed by atoms with Crippen molar-refractivity contribution in [1.29, 1.82) is 0 Å². The Morgan fingerprint density at radius 3 is 2.05 bits per heavy atom. The third-order valence-electron chi connectivity index (χ3n) is 4.14. The largest absolute Gasteiger partial charge is 0.495 e. The molecule has 0 saturated carbocycles. The first kappa shape index (κ1) is 15.5. The third-order valence-corrected chi connectivity index (χ3v) is 5.20. The Morgan fingerprint density at radius 1 is 1.10 bits per heavy atom. The summed E-state index contributed by atoms with van der Waals surface area (Å²) in [4.78, 5) is 0.102. The quantitative estimate of drug-likeness (QED) is 0.824. The monoisotopic (exact) mass is 297 g/mol. The highest BCUT2D eigenvalue weighted by Crippen LogP contribution is 2.36. The van der Waals surface area contributed by atoms with E-state index in [0.29, 0.717) is 11.0 Å². The Hall–Kier alpha value is -0.885. The van der Waals surface area contributed by atoms with E-state index in [1.165, 1.54) is 6.07 Å². The van der Waals surface area contributed by atoms with E-state index < -0.39 is 28.3 Å². The summed E-state index contributed by atoms with van der Waals surface area (Å²) in [6, 6.07) is 4.93. The average molecular weight is 297 g/mol. The van der Waals surface area contributed by atoms with E-state index in [9.17, 15) is 8.42 Å². The summed E-state index contributed by atoms with van der Waals surface area (Å²) >= 11 is 0. The lowest BCUT2D eigenvalue weighted by Crippen LogP contribution is -2.41. The van der Waals surface area contributed by atoms with Crippen LogP contribution in [-0.4, -0.2) is 26.7 Å². The van der Waals surface area contributed by atoms with Crippen LogP contribution in [-0.2, 0) is 19.3 Å². The van der Waals surface area contributed by atoms with Crippen LogP contribution in [0.5, 0.6) is 0 Å². The Balaban J connectivity index is 2.47. The van der Waals surface area contributed by atoms with Gasteiger partial charge in [-0.3, -0.25) is 0 Å². The maximum Gasteiger partial charge on any atom is 0.495 e. The van der Waals surface area contributed by atoms with Crippen LogP contribution in [0.15, 0.2) is 23.1 Å². The van der Waals surface area contributed by atoms with Gasteiger partial charge in [0.2, 0.25) is 10.0 Å². The summed E-state index contributed by atoms with van der Waals surface area (Å²) in [6.45, 7) is 9.51. The lowest BCUT2D eigenvalue weighted by atomic mass is 9.76. The van der Waals surface area contributed by atoms with Crippen molar-refractivity contribution in [1.82, 2.24) is 0 Å². The van der Waals surface area contributed by atoms with Crippen LogP contribution in [0.4, 0.5) is 0 Å². The van der Waals surface area contributed by atoms with Crippen molar-refractivity contribution in [3.8, 4) is 0 Å². The third kappa shape index (κ3) is 2.51. The number of nitrogens with two attached hydrogens (primary N) is 1. The molecule has 1 heterocycles. The van der Waals surface area contributed by atoms with Gasteiger partial charge in [-0.25, -0.2) is 13.6 Å². The lowest BCUT2D eigenvalue weighted by Gasteiger charge is -2.32. The molecule has 1 fully saturated rings. The Bertz CT molecular complexity index is 624. The number of primary sulfonamides is 1. The van der Waals surface area contributed by atoms with Gasteiger partial charge in [-0.2, -0.15) is 0 Å². The highest BCUT2D eigenvalue weighted by atomic mass is 32.2. The molecule has 7 heteroatoms. The second-order valence-electron chi connectivity index (χ2n) is 6.10. The SMILES string of the molecule is Cc1c(B2OC(C)(C)C(C)(C)O2)cccc1S(N)(=O)=O. The molecule has 2 rings (SSSR count). The van der Waals surface area contributed by atoms with Crippen molar-refractivity contribution in [3.63, 3.8) is 0 Å². The fourth-order valence-electron chi connectivity index (χ4n) is 2.17. The highest BCUT2D eigenvalue weighted by Gasteiger charge is 2.52. The molecule has 5 nitrogen and oxygen atoms in total. The molecule has 0 spiro atoms. The molecule has 1 aliphatic rings. The molecular weight excluding hydrogens is 277 g/mol. The molecule has 0 unspecified atom stereocenters. The number of hydrogen-bond acceptors (Lipinski definition) is 4. The van der Waals surface area contributed by atoms with Crippen molar-refractivity contribution in [2.24, 2.45) is 5.14 Å². The molecule has 1 saturated heterocycles. The van der Waals surface area contributed by atoms with Crippen molar-refractivity contribution in [2.75, 3.05) is 0 Å². The summed E-state index contributed by atoms with van der Waals surface area (Å²) in [5.41, 5.74) is 0.312. The van der Waals surface area contributed by atoms with Gasteiger partial charge in [0.25, 0.3) is 0 Å². The van der Waals surface area contributed by atoms with Gasteiger partial charge in [0.1, 0.15) is 0 Å². The summed E-state index contributed by atoms with van der Waals surface area (Å²) in [6.07, 6.45) is 0. The first-order valence-corrected chi connectivity index (χ1v) is 7.98. The number of rotatable bonds is 2. The van der Waals surface area contributed by atoms with Gasteiger partial charge in [-0.05, 0) is 51.7 Å². The van der Waals surface area contributed by atoms with Gasteiger partial charge in [0.05, 0.1) is 16.1 Å². The van der Waals surface area contributed by atoms with Crippen LogP contribution in [0.25, 0.3) is 0 Å². The van der Waals surface area contributed by atoms with Crippen LogP contribution in [0, 0.1) is 6.92 Å². The number of hydrogen-bond donors (Lipinski definition) is 1. The molecule has 0 bridgehead atoms. The second-order valence-corrected chi connectivity index (χ2v) is 7.63. The van der Waals surface area contributed by atoms with Crippen molar-refractivity contribution in [2.45, 2.75) is 50.7 Å². The van der Waals surface area contributed by atoms with E-state index in [1.54, 1.807) is 19.1 Å². The van der Waals surface area contributed by atoms with Crippen molar-refractivity contribution < 1.29 is 17.7 Å². The molecule has 0 radical (unpaired) electrons. The number of sulfonamides is 1. The summed E-state index contributed by atoms with van der Waals surface area (Å²) in [5.74, 6) is 0. The molecule has 1 aliphatic heterocycles. The molecule has 2 N–H and O–H groups in total. The minimum absolute atomic E-state index is 0.102. The Kier molecular flexibility index (Phi) is 3.53. The summed E-state index contributed by atoms with van der Waals surface area (Å²) < 4.78 is 35.0. The van der Waals surface area contributed by atoms with Crippen LogP contribution in [0.1, 0.15) is 33.3 Å². The van der Waals surface area contributed by atoms with E-state index >= 15 is 0 Å². The van der Waals surface area contributed by atoms with E-state index in [-0.39, 0.29) is 4.90 Å². The molecule has 20 heavy (non-hydrogen) atoms. The zero-order valence-electron chi connectivity index (χ0n) is 12.4. The molecule has 0 amide bonds. The van der Waals surface area contributed by atoms with Crippen LogP contribution in [0.3, 0.4) is 0 Å². The van der Waals surface area contributed by atoms with Crippen molar-refractivity contribution in [3.05, 3.63) is 23.8 Å². The predicted molar refractivity (Wildman–Crippen MR) is 78.3 cm³/mol. The number of benzene rings is 1. The molecule has 0 aliphatic carbocycles. The van der Waals surface area contributed by atoms with Crippen LogP contribution >= 0.6 is 0 Å². The maximum atomic E-state index is 11.6. The minimum atomic E-state index is -3.75. The van der Waals surface area contributed by atoms with Gasteiger partial charge in [-0.1, -0.05) is 12.1 Å². The van der Waals surface area contributed by atoms with Gasteiger partial charge >= 0.3 is 7.12 Å². The van der Waals surface area contributed by atoms with Gasteiger partial charge < -0.3 is 9.31 Å². The average Bonchev–Trinajstić information content (AvgIpc) is 2.46. The van der Waals surface area contributed by atoms with Crippen LogP contribution < -0.4 is 10.6 Å². The molecule has 1 aromatic rings. The minimum Gasteiger partial charge on any atom is -0.399 e. The normalized spacial score (nSPS) is 21.2. The topological polar surface area (TPSA) is 78.6 Å². The molecular formula is C13H20BNO4S. The Morgan fingerprint density at radius 2 is 1.60 bits per heavy atom. The smallest absolute Gasteiger partial charge is 0.399 e. The summed E-state index contributed by atoms with van der Waals surface area (Å²) in [7, 11) is -4.35. The van der Waals surface area contributed by atoms with Gasteiger partial charge in [0, 0.05) is 0 Å². The summed E-state index contributed by atoms with van der Waals surface area (Å²) in [5, 5.41) is 5.22. The Labute approximate surface area is 120 Å². The van der Waals surface area contributed by atoms with Crippen LogP contribution in [0.2, 0.25) is 0 Å². The molecule has 1 aromatic carbocycles. The predicted octanol–water partition coefficient (Wildman–Crippen LogP) is 0.942. The zero-order chi connectivity index (χ0) is 15.3. The van der Waals surface area contributed by atoms with E-state index in [0.717, 1.165) is 0 Å². The first-order valence-electron chi connectivity index (χ1n) is 6.44. The van der Waals surface area contributed by atoms with Gasteiger partial charge in [0.15, 0.2) is 0 Å². The molecule has 0 atom stereocenters. The zero-order valence-corrected chi connectivity index (χ0v) is 13.2. The highest BCUT2D eigenvalue weighted by molar-refractivity contribution is 7.89. The standard InChI is InChI=1S/C13H20BNO4S/c1-9-10(7-6-8-11(9)20(15,16)17)14-18-12(2,3)13(4,5)19-14/h6-8H,1-5H3,(H2,15,16,17). The molecule has 0 aromatic heterocycles. The fourth-order valence-corrected chi connectivity index (χ4v) is 2.98. The lowest BCUT2D eigenvalue weighted by molar-refractivity contribution is 0.00578. The van der Waals surface area contributed by atoms with Gasteiger partial charge in [-0.15, -0.1) is 0 Å². The maximum absolute atomic E-state index is 11.6. The second kappa shape index (κ2) is 4.56. The first-order chi connectivity index (χ1) is 8.96. The fraction of sp³-hybridized carbons (Fsp3) is 0.538. The van der Waals surface area contributed by atoms with E-state index in [1.807, 2.05) is 27.7 Å². The van der Waals surface area contributed by atoms with E-state index in [2.05, 4.69) is 0 Å².